The quantitative estimate of drug-likeness (QED) is 0.0603. The maximum atomic E-state index is 13.4. The van der Waals surface area contributed by atoms with Crippen molar-refractivity contribution < 1.29 is 52.9 Å². The van der Waals surface area contributed by atoms with Crippen molar-refractivity contribution in [2.24, 2.45) is 5.73 Å². The molecule has 2 fully saturated rings. The first-order chi connectivity index (χ1) is 31.5. The second-order valence-corrected chi connectivity index (χ2v) is 17.6. The number of nitrogens with zero attached hydrogens (tertiary/aromatic N) is 1. The van der Waals surface area contributed by atoms with Crippen LogP contribution in [0.1, 0.15) is 37.5 Å². The summed E-state index contributed by atoms with van der Waals surface area (Å²) in [6, 6.07) is 17.4. The molecule has 0 bridgehead atoms. The van der Waals surface area contributed by atoms with Gasteiger partial charge in [0.25, 0.3) is 0 Å². The number of aromatic hydroxyl groups is 1. The fraction of sp³-hybridized carbons (Fsp3) is 0.340. The Hall–Kier alpha value is -5.92. The van der Waals surface area contributed by atoms with Crippen LogP contribution in [-0.2, 0) is 18.9 Å². The summed E-state index contributed by atoms with van der Waals surface area (Å²) >= 11 is 0. The fourth-order valence-electron chi connectivity index (χ4n) is 10.1. The number of phenolic OH excluding ortho intramolecular Hbond substituents is 1. The molecule has 7 N–H and O–H groups in total. The molecule has 2 saturated heterocycles. The average molecular weight is 936 g/mol. The van der Waals surface area contributed by atoms with Crippen LogP contribution in [0.5, 0.6) is 11.5 Å². The molecule has 67 heavy (non-hydrogen) atoms. The average Bonchev–Trinajstić information content (AvgIpc) is 3.70. The Balaban J connectivity index is 0.000000233. The van der Waals surface area contributed by atoms with Gasteiger partial charge in [-0.3, -0.25) is 4.98 Å². The van der Waals surface area contributed by atoms with Crippen LogP contribution in [0.2, 0.25) is 0 Å². The number of hydrogen-bond donors (Lipinski definition) is 6. The molecule has 0 amide bonds. The van der Waals surface area contributed by atoms with Crippen LogP contribution in [0.3, 0.4) is 0 Å². The van der Waals surface area contributed by atoms with Crippen molar-refractivity contribution in [1.82, 2.24) is 9.97 Å². The minimum absolute atomic E-state index is 0. The third-order valence-corrected chi connectivity index (χ3v) is 13.6. The first-order valence-corrected chi connectivity index (χ1v) is 21.7. The summed E-state index contributed by atoms with van der Waals surface area (Å²) < 4.78 is 41.2. The highest BCUT2D eigenvalue weighted by atomic mass is 35.5. The second-order valence-electron chi connectivity index (χ2n) is 17.6. The number of nitrogens with one attached hydrogen (secondary N) is 1. The molecule has 0 saturated carbocycles. The number of para-hydroxylation sites is 1. The Labute approximate surface area is 387 Å². The smallest absolute Gasteiger partial charge is 0.348 e. The summed E-state index contributed by atoms with van der Waals surface area (Å²) in [6.45, 7) is 10.6. The van der Waals surface area contributed by atoms with E-state index in [-0.39, 0.29) is 56.3 Å². The number of ether oxygens (including phenoxy) is 5. The number of nitrogens with two attached hydrogens (primary N) is 1. The molecule has 9 aromatic rings. The molecule has 0 spiro atoms. The predicted octanol–water partition coefficient (Wildman–Crippen LogP) is 6.63. The third-order valence-electron chi connectivity index (χ3n) is 13.6. The number of aliphatic hydroxyl groups excluding tert-OH is 2. The van der Waals surface area contributed by atoms with Crippen molar-refractivity contribution in [1.29, 1.82) is 0 Å². The standard InChI is InChI=1S/C33H35NO13.C17H14N2.ClH/c1-11-9-10-16-19-17(11)29(38)46-25-18-14(24(36)21(20(19)25)30(39)44-16)7-6-8-15(18)45-32-28(33(4,40)27(37)13(3)43-32)47-31-22(34)26(41-5)23(35)12(2)42-31;1-10-14-9-18-8-7-12(14)11(2)17-16(10)13-5-3-4-6-15(13)19-17;/h6-10,12-13,22-23,26-28,31-32,35-37,40H,34H2,1-5H3;3-9,19H,1-2H3;1H/t12-,13-,22-,23+,26-,27+,28+,31-,32+,33+;;/m1../s1. The molecule has 6 heterocycles. The van der Waals surface area contributed by atoms with E-state index in [0.717, 1.165) is 0 Å². The summed E-state index contributed by atoms with van der Waals surface area (Å²) in [7, 11) is 1.39. The molecular weight excluding hydrogens is 886 g/mol. The monoisotopic (exact) mass is 935 g/mol. The van der Waals surface area contributed by atoms with Gasteiger partial charge in [0.1, 0.15) is 46.4 Å². The minimum atomic E-state index is -1.99. The topological polar surface area (TPSA) is 242 Å². The van der Waals surface area contributed by atoms with Crippen LogP contribution in [0.25, 0.3) is 76.1 Å². The van der Waals surface area contributed by atoms with Gasteiger partial charge in [-0.05, 0) is 87.9 Å². The summed E-state index contributed by atoms with van der Waals surface area (Å²) in [6.07, 6.45) is -5.38. The SMILES string of the molecule is CO[C@@H]1[C@@H](N)[C@@H](O[C@H]2[C@H](Oc3cccc4c(O)c5c(=O)oc6ccc(C)c7c(=O)oc(c34)c5c67)O[C@H](C)[C@H](O)[C@]2(C)O)O[C@H](C)[C@@H]1O.Cc1c2ccncc2c(C)c2c1[nH]c1ccccc12.Cl. The van der Waals surface area contributed by atoms with Gasteiger partial charge in [-0.25, -0.2) is 9.59 Å². The number of phenols is 1. The van der Waals surface area contributed by atoms with Crippen LogP contribution < -0.4 is 21.7 Å². The number of benzene rings is 5. The van der Waals surface area contributed by atoms with E-state index in [1.165, 1.54) is 76.8 Å². The lowest BCUT2D eigenvalue weighted by Gasteiger charge is -2.50. The number of aliphatic hydroxyl groups is 3. The highest BCUT2D eigenvalue weighted by Gasteiger charge is 2.56. The molecule has 0 unspecified atom stereocenters. The van der Waals surface area contributed by atoms with Crippen molar-refractivity contribution in [2.75, 3.05) is 7.11 Å². The zero-order valence-corrected chi connectivity index (χ0v) is 38.3. The van der Waals surface area contributed by atoms with E-state index in [4.69, 9.17) is 38.3 Å². The third kappa shape index (κ3) is 7.09. The number of halogens is 1. The first kappa shape index (κ1) is 46.2. The molecule has 0 radical (unpaired) electrons. The second kappa shape index (κ2) is 17.0. The van der Waals surface area contributed by atoms with Gasteiger partial charge in [0.2, 0.25) is 6.29 Å². The van der Waals surface area contributed by atoms with Crippen molar-refractivity contribution in [3.8, 4) is 11.5 Å². The van der Waals surface area contributed by atoms with E-state index in [0.29, 0.717) is 10.9 Å². The molecule has 0 aliphatic carbocycles. The van der Waals surface area contributed by atoms with Crippen LogP contribution in [0, 0.1) is 20.8 Å². The first-order valence-electron chi connectivity index (χ1n) is 21.7. The van der Waals surface area contributed by atoms with Gasteiger partial charge in [-0.15, -0.1) is 12.4 Å². The van der Waals surface area contributed by atoms with Crippen molar-refractivity contribution in [2.45, 2.75) is 102 Å². The molecular formula is C50H50ClN3O13. The number of rotatable bonds is 5. The lowest BCUT2D eigenvalue weighted by atomic mass is 9.86. The van der Waals surface area contributed by atoms with Gasteiger partial charge in [0, 0.05) is 57.3 Å². The number of aryl methyl sites for hydroxylation is 3. The van der Waals surface area contributed by atoms with E-state index >= 15 is 0 Å². The predicted molar refractivity (Wildman–Crippen MR) is 255 cm³/mol. The number of aromatic nitrogens is 2. The van der Waals surface area contributed by atoms with Crippen LogP contribution in [-0.4, -0.2) is 98.4 Å². The summed E-state index contributed by atoms with van der Waals surface area (Å²) in [5.74, 6) is -0.386. The Morgan fingerprint density at radius 3 is 2.25 bits per heavy atom. The van der Waals surface area contributed by atoms with E-state index in [1.807, 2.05) is 12.4 Å². The molecule has 16 nitrogen and oxygen atoms in total. The molecule has 2 aliphatic heterocycles. The van der Waals surface area contributed by atoms with Gasteiger partial charge in [0.15, 0.2) is 18.0 Å². The van der Waals surface area contributed by atoms with Gasteiger partial charge >= 0.3 is 11.3 Å². The zero-order chi connectivity index (χ0) is 46.7. The number of H-pyrrole nitrogens is 1. The number of aromatic amines is 1. The summed E-state index contributed by atoms with van der Waals surface area (Å²) in [5, 5.41) is 50.5. The minimum Gasteiger partial charge on any atom is -0.506 e. The Morgan fingerprint density at radius 2 is 1.49 bits per heavy atom. The normalized spacial score (nSPS) is 26.7. The van der Waals surface area contributed by atoms with Gasteiger partial charge in [0.05, 0.1) is 34.5 Å². The van der Waals surface area contributed by atoms with Gasteiger partial charge < -0.3 is 63.7 Å². The lowest BCUT2D eigenvalue weighted by Crippen LogP contribution is -2.69. The largest absolute Gasteiger partial charge is 0.506 e. The molecule has 2 aliphatic rings. The maximum absolute atomic E-state index is 13.4. The van der Waals surface area contributed by atoms with Crippen LogP contribution in [0.15, 0.2) is 91.5 Å². The van der Waals surface area contributed by atoms with E-state index in [2.05, 4.69) is 54.1 Å². The number of hydrogen-bond acceptors (Lipinski definition) is 15. The Bertz CT molecular complexity index is 3500. The highest BCUT2D eigenvalue weighted by molar-refractivity contribution is 6.28. The maximum Gasteiger partial charge on any atom is 0.348 e. The van der Waals surface area contributed by atoms with Crippen molar-refractivity contribution >= 4 is 88.5 Å². The van der Waals surface area contributed by atoms with Gasteiger partial charge in [-0.1, -0.05) is 36.4 Å². The van der Waals surface area contributed by atoms with Gasteiger partial charge in [-0.2, -0.15) is 0 Å². The number of fused-ring (bicyclic) bond motifs is 6. The van der Waals surface area contributed by atoms with Crippen molar-refractivity contribution in [3.05, 3.63) is 111 Å². The molecule has 11 rings (SSSR count). The molecule has 17 heteroatoms. The molecule has 4 aromatic heterocycles. The molecule has 350 valence electrons. The Morgan fingerprint density at radius 1 is 0.776 bits per heavy atom. The summed E-state index contributed by atoms with van der Waals surface area (Å²) in [4.78, 5) is 34.4. The fourth-order valence-corrected chi connectivity index (χ4v) is 10.1. The number of pyridine rings is 1. The molecule has 10 atom stereocenters. The summed E-state index contributed by atoms with van der Waals surface area (Å²) in [5.41, 5.74) is 8.57. The highest BCUT2D eigenvalue weighted by Crippen LogP contribution is 2.46. The van der Waals surface area contributed by atoms with Crippen molar-refractivity contribution in [3.63, 3.8) is 0 Å². The molecule has 5 aromatic carbocycles. The Kier molecular flexibility index (Phi) is 11.7. The zero-order valence-electron chi connectivity index (χ0n) is 37.5. The van der Waals surface area contributed by atoms with E-state index < -0.39 is 77.8 Å². The lowest BCUT2D eigenvalue weighted by molar-refractivity contribution is -0.356. The van der Waals surface area contributed by atoms with E-state index in [9.17, 15) is 30.0 Å². The van der Waals surface area contributed by atoms with Crippen LogP contribution >= 0.6 is 12.4 Å². The van der Waals surface area contributed by atoms with Crippen LogP contribution in [0.4, 0.5) is 0 Å². The number of methoxy groups -OCH3 is 1. The van der Waals surface area contributed by atoms with E-state index in [1.54, 1.807) is 32.0 Å².